The second kappa shape index (κ2) is 6.74. The highest BCUT2D eigenvalue weighted by molar-refractivity contribution is 6.35. The standard InChI is InChI=1S/C11H12Cl2O3/c12-9-2-1-3-10(13)8(9)4-6-16-7-5-11(14)15/h1-3H,4-7H2,(H,14,15). The summed E-state index contributed by atoms with van der Waals surface area (Å²) in [6.45, 7) is 0.619. The minimum atomic E-state index is -0.865. The Bertz CT molecular complexity index is 346. The molecule has 0 atom stereocenters. The second-order valence-corrected chi connectivity index (χ2v) is 4.02. The summed E-state index contributed by atoms with van der Waals surface area (Å²) in [6.07, 6.45) is 0.592. The van der Waals surface area contributed by atoms with Crippen molar-refractivity contribution < 1.29 is 14.6 Å². The summed E-state index contributed by atoms with van der Waals surface area (Å²) in [5, 5.41) is 9.61. The van der Waals surface area contributed by atoms with Crippen LogP contribution in [0, 0.1) is 0 Å². The lowest BCUT2D eigenvalue weighted by Crippen LogP contribution is -2.05. The third-order valence-corrected chi connectivity index (χ3v) is 2.73. The largest absolute Gasteiger partial charge is 0.481 e. The Balaban J connectivity index is 2.34. The molecule has 1 rings (SSSR count). The Morgan fingerprint density at radius 2 is 1.88 bits per heavy atom. The number of hydrogen-bond donors (Lipinski definition) is 1. The first-order chi connectivity index (χ1) is 7.61. The van der Waals surface area contributed by atoms with Crippen LogP contribution in [0.3, 0.4) is 0 Å². The maximum absolute atomic E-state index is 10.2. The first kappa shape index (κ1) is 13.3. The third-order valence-electron chi connectivity index (χ3n) is 2.02. The van der Waals surface area contributed by atoms with Crippen LogP contribution < -0.4 is 0 Å². The average molecular weight is 263 g/mol. The Hall–Kier alpha value is -0.770. The van der Waals surface area contributed by atoms with E-state index >= 15 is 0 Å². The van der Waals surface area contributed by atoms with Gasteiger partial charge in [0.1, 0.15) is 0 Å². The highest BCUT2D eigenvalue weighted by Crippen LogP contribution is 2.24. The van der Waals surface area contributed by atoms with Crippen molar-refractivity contribution in [1.29, 1.82) is 0 Å². The van der Waals surface area contributed by atoms with Gasteiger partial charge in [-0.1, -0.05) is 29.3 Å². The molecule has 0 fully saturated rings. The van der Waals surface area contributed by atoms with Gasteiger partial charge in [-0.05, 0) is 24.1 Å². The van der Waals surface area contributed by atoms with Gasteiger partial charge in [0.2, 0.25) is 0 Å². The van der Waals surface area contributed by atoms with Gasteiger partial charge in [-0.15, -0.1) is 0 Å². The molecule has 0 saturated heterocycles. The molecule has 0 aromatic heterocycles. The summed E-state index contributed by atoms with van der Waals surface area (Å²) in [7, 11) is 0. The molecule has 0 radical (unpaired) electrons. The van der Waals surface area contributed by atoms with Crippen molar-refractivity contribution in [3.63, 3.8) is 0 Å². The van der Waals surface area contributed by atoms with Crippen LogP contribution in [0.1, 0.15) is 12.0 Å². The number of carboxylic acids is 1. The van der Waals surface area contributed by atoms with E-state index in [4.69, 9.17) is 33.0 Å². The van der Waals surface area contributed by atoms with Gasteiger partial charge < -0.3 is 9.84 Å². The van der Waals surface area contributed by atoms with E-state index in [9.17, 15) is 4.79 Å². The van der Waals surface area contributed by atoms with Crippen molar-refractivity contribution >= 4 is 29.2 Å². The lowest BCUT2D eigenvalue weighted by atomic mass is 10.1. The molecule has 1 aromatic rings. The van der Waals surface area contributed by atoms with E-state index in [1.54, 1.807) is 18.2 Å². The Labute approximate surface area is 104 Å². The highest BCUT2D eigenvalue weighted by atomic mass is 35.5. The number of hydrogen-bond acceptors (Lipinski definition) is 2. The molecule has 0 aliphatic heterocycles. The van der Waals surface area contributed by atoms with E-state index < -0.39 is 5.97 Å². The molecular weight excluding hydrogens is 251 g/mol. The van der Waals surface area contributed by atoms with Crippen LogP contribution >= 0.6 is 23.2 Å². The monoisotopic (exact) mass is 262 g/mol. The van der Waals surface area contributed by atoms with Gasteiger partial charge >= 0.3 is 5.97 Å². The number of ether oxygens (including phenoxy) is 1. The molecule has 3 nitrogen and oxygen atoms in total. The van der Waals surface area contributed by atoms with Crippen LogP contribution in [0.25, 0.3) is 0 Å². The van der Waals surface area contributed by atoms with Crippen LogP contribution in [0.2, 0.25) is 10.0 Å². The number of aliphatic carboxylic acids is 1. The molecule has 0 bridgehead atoms. The molecule has 0 spiro atoms. The lowest BCUT2D eigenvalue weighted by Gasteiger charge is -2.06. The normalized spacial score (nSPS) is 10.4. The SMILES string of the molecule is O=C(O)CCOCCc1c(Cl)cccc1Cl. The number of rotatable bonds is 6. The van der Waals surface area contributed by atoms with E-state index in [1.165, 1.54) is 0 Å². The fourth-order valence-electron chi connectivity index (χ4n) is 1.21. The summed E-state index contributed by atoms with van der Waals surface area (Å²) in [4.78, 5) is 10.2. The quantitative estimate of drug-likeness (QED) is 0.802. The molecule has 0 amide bonds. The van der Waals surface area contributed by atoms with Crippen molar-refractivity contribution in [2.24, 2.45) is 0 Å². The zero-order chi connectivity index (χ0) is 12.0. The maximum Gasteiger partial charge on any atom is 0.305 e. The van der Waals surface area contributed by atoms with Crippen molar-refractivity contribution in [2.75, 3.05) is 13.2 Å². The number of benzene rings is 1. The van der Waals surface area contributed by atoms with E-state index in [-0.39, 0.29) is 13.0 Å². The van der Waals surface area contributed by atoms with Gasteiger partial charge in [0.15, 0.2) is 0 Å². The molecule has 0 aliphatic carbocycles. The van der Waals surface area contributed by atoms with Crippen LogP contribution in [-0.4, -0.2) is 24.3 Å². The van der Waals surface area contributed by atoms with Crippen LogP contribution in [0.5, 0.6) is 0 Å². The number of carbonyl (C=O) groups is 1. The number of halogens is 2. The van der Waals surface area contributed by atoms with E-state index in [2.05, 4.69) is 0 Å². The Kier molecular flexibility index (Phi) is 5.60. The van der Waals surface area contributed by atoms with Gasteiger partial charge in [-0.2, -0.15) is 0 Å². The fourth-order valence-corrected chi connectivity index (χ4v) is 1.79. The first-order valence-corrected chi connectivity index (χ1v) is 5.59. The van der Waals surface area contributed by atoms with E-state index in [0.717, 1.165) is 5.56 Å². The molecule has 0 unspecified atom stereocenters. The smallest absolute Gasteiger partial charge is 0.305 e. The van der Waals surface area contributed by atoms with Gasteiger partial charge in [-0.3, -0.25) is 4.79 Å². The van der Waals surface area contributed by atoms with Crippen LogP contribution in [-0.2, 0) is 16.0 Å². The molecule has 0 saturated carbocycles. The summed E-state index contributed by atoms with van der Waals surface area (Å²) in [6, 6.07) is 5.31. The Morgan fingerprint density at radius 3 is 2.44 bits per heavy atom. The van der Waals surface area contributed by atoms with Gasteiger partial charge in [0, 0.05) is 10.0 Å². The van der Waals surface area contributed by atoms with Crippen LogP contribution in [0.4, 0.5) is 0 Å². The summed E-state index contributed by atoms with van der Waals surface area (Å²) in [5.74, 6) is -0.865. The topological polar surface area (TPSA) is 46.5 Å². The molecule has 5 heteroatoms. The maximum atomic E-state index is 10.2. The van der Waals surface area contributed by atoms with Crippen molar-refractivity contribution in [1.82, 2.24) is 0 Å². The number of carboxylic acid groups (broad SMARTS) is 1. The molecule has 0 heterocycles. The third kappa shape index (κ3) is 4.39. The molecule has 16 heavy (non-hydrogen) atoms. The minimum Gasteiger partial charge on any atom is -0.481 e. The summed E-state index contributed by atoms with van der Waals surface area (Å²) < 4.78 is 5.16. The highest BCUT2D eigenvalue weighted by Gasteiger charge is 2.05. The van der Waals surface area contributed by atoms with Gasteiger partial charge in [0.25, 0.3) is 0 Å². The van der Waals surface area contributed by atoms with Crippen molar-refractivity contribution in [2.45, 2.75) is 12.8 Å². The first-order valence-electron chi connectivity index (χ1n) is 4.83. The summed E-state index contributed by atoms with van der Waals surface area (Å²) in [5.41, 5.74) is 0.834. The second-order valence-electron chi connectivity index (χ2n) is 3.21. The molecule has 0 aliphatic rings. The molecular formula is C11H12Cl2O3. The minimum absolute atomic E-state index is 0.0102. The molecule has 88 valence electrons. The van der Waals surface area contributed by atoms with Gasteiger partial charge in [0.05, 0.1) is 19.6 Å². The average Bonchev–Trinajstić information content (AvgIpc) is 2.21. The molecule has 1 N–H and O–H groups in total. The lowest BCUT2D eigenvalue weighted by molar-refractivity contribution is -0.138. The van der Waals surface area contributed by atoms with E-state index in [0.29, 0.717) is 23.1 Å². The predicted octanol–water partition coefficient (Wildman–Crippen LogP) is 3.03. The van der Waals surface area contributed by atoms with Gasteiger partial charge in [-0.25, -0.2) is 0 Å². The van der Waals surface area contributed by atoms with Crippen molar-refractivity contribution in [3.8, 4) is 0 Å². The Morgan fingerprint density at radius 1 is 1.25 bits per heavy atom. The fraction of sp³-hybridized carbons (Fsp3) is 0.364. The van der Waals surface area contributed by atoms with Crippen LogP contribution in [0.15, 0.2) is 18.2 Å². The predicted molar refractivity (Wildman–Crippen MR) is 63.2 cm³/mol. The van der Waals surface area contributed by atoms with Crippen molar-refractivity contribution in [3.05, 3.63) is 33.8 Å². The molecule has 1 aromatic carbocycles. The van der Waals surface area contributed by atoms with E-state index in [1.807, 2.05) is 0 Å². The zero-order valence-corrected chi connectivity index (χ0v) is 10.1. The summed E-state index contributed by atoms with van der Waals surface area (Å²) >= 11 is 11.9. The zero-order valence-electron chi connectivity index (χ0n) is 8.58.